The molecule has 0 aliphatic carbocycles. The maximum absolute atomic E-state index is 11.3. The van der Waals surface area contributed by atoms with E-state index in [1.165, 1.54) is 12.3 Å². The zero-order valence-electron chi connectivity index (χ0n) is 7.75. The Kier molecular flexibility index (Phi) is 3.69. The summed E-state index contributed by atoms with van der Waals surface area (Å²) in [5, 5.41) is 17.9. The van der Waals surface area contributed by atoms with Gasteiger partial charge in [-0.25, -0.2) is 0 Å². The Labute approximate surface area is 85.3 Å². The molecule has 1 heterocycles. The number of carbonyl (C=O) groups excluding carboxylic acids is 1. The van der Waals surface area contributed by atoms with Gasteiger partial charge in [0.05, 0.1) is 12.5 Å². The number of amides is 1. The van der Waals surface area contributed by atoms with Gasteiger partial charge in [-0.1, -0.05) is 0 Å². The van der Waals surface area contributed by atoms with Gasteiger partial charge in [0.25, 0.3) is 0 Å². The molecule has 0 saturated carbocycles. The highest BCUT2D eigenvalue weighted by atomic mass is 16.4. The minimum atomic E-state index is -1.13. The Hall–Kier alpha value is -2.02. The van der Waals surface area contributed by atoms with Crippen molar-refractivity contribution in [1.82, 2.24) is 10.2 Å². The molecule has 1 unspecified atom stereocenters. The molecule has 0 aliphatic heterocycles. The molecule has 15 heavy (non-hydrogen) atoms. The number of nitrogens with zero attached hydrogens (tertiary/aromatic N) is 2. The lowest BCUT2D eigenvalue weighted by molar-refractivity contribution is -0.138. The fourth-order valence-corrected chi connectivity index (χ4v) is 0.868. The monoisotopic (exact) mass is 210 g/mol. The van der Waals surface area contributed by atoms with Crippen LogP contribution in [0, 0.1) is 0 Å². The first-order valence-electron chi connectivity index (χ1n) is 4.15. The molecule has 0 fully saturated rings. The first kappa shape index (κ1) is 11.1. The molecule has 1 aromatic heterocycles. The minimum absolute atomic E-state index is 0.239. The molecular formula is C8H10N4O3. The smallest absolute Gasteiger partial charge is 0.305 e. The van der Waals surface area contributed by atoms with E-state index in [-0.39, 0.29) is 5.82 Å². The van der Waals surface area contributed by atoms with Crippen LogP contribution in [0.25, 0.3) is 0 Å². The first-order valence-corrected chi connectivity index (χ1v) is 4.15. The number of anilines is 1. The summed E-state index contributed by atoms with van der Waals surface area (Å²) in [6.07, 6.45) is 1.03. The van der Waals surface area contributed by atoms with Gasteiger partial charge in [-0.3, -0.25) is 9.59 Å². The number of aliphatic carboxylic acids is 1. The Morgan fingerprint density at radius 2 is 2.33 bits per heavy atom. The van der Waals surface area contributed by atoms with Crippen molar-refractivity contribution in [3.8, 4) is 0 Å². The lowest BCUT2D eigenvalue weighted by atomic mass is 10.2. The Morgan fingerprint density at radius 1 is 1.60 bits per heavy atom. The predicted molar refractivity (Wildman–Crippen MR) is 50.9 cm³/mol. The van der Waals surface area contributed by atoms with E-state index >= 15 is 0 Å². The van der Waals surface area contributed by atoms with Crippen molar-refractivity contribution in [3.05, 3.63) is 18.3 Å². The van der Waals surface area contributed by atoms with Crippen LogP contribution in [-0.2, 0) is 9.59 Å². The van der Waals surface area contributed by atoms with Crippen molar-refractivity contribution in [1.29, 1.82) is 0 Å². The molecule has 0 aromatic carbocycles. The van der Waals surface area contributed by atoms with Crippen LogP contribution in [0.5, 0.6) is 0 Å². The van der Waals surface area contributed by atoms with Crippen LogP contribution >= 0.6 is 0 Å². The minimum Gasteiger partial charge on any atom is -0.481 e. The highest BCUT2D eigenvalue weighted by Gasteiger charge is 2.17. The maximum atomic E-state index is 11.3. The molecule has 1 amide bonds. The summed E-state index contributed by atoms with van der Waals surface area (Å²) >= 11 is 0. The molecule has 1 aromatic rings. The number of hydrogen-bond acceptors (Lipinski definition) is 5. The van der Waals surface area contributed by atoms with Gasteiger partial charge in [0, 0.05) is 6.20 Å². The predicted octanol–water partition coefficient (Wildman–Crippen LogP) is -0.783. The topological polar surface area (TPSA) is 118 Å². The molecule has 0 radical (unpaired) electrons. The van der Waals surface area contributed by atoms with Gasteiger partial charge >= 0.3 is 5.97 Å². The number of hydrogen-bond donors (Lipinski definition) is 3. The van der Waals surface area contributed by atoms with Crippen molar-refractivity contribution in [2.24, 2.45) is 5.73 Å². The van der Waals surface area contributed by atoms with Crippen molar-refractivity contribution in [2.75, 3.05) is 5.32 Å². The van der Waals surface area contributed by atoms with Crippen LogP contribution in [0.3, 0.4) is 0 Å². The lowest BCUT2D eigenvalue weighted by Crippen LogP contribution is -2.37. The standard InChI is InChI=1S/C8H10N4O3/c9-5(4-7(13)14)8(15)11-6-2-1-3-10-12-6/h1-3,5H,4,9H2,(H,13,14)(H,11,12,15). The van der Waals surface area contributed by atoms with E-state index in [2.05, 4.69) is 15.5 Å². The number of rotatable bonds is 4. The Balaban J connectivity index is 2.52. The SMILES string of the molecule is NC(CC(=O)O)C(=O)Nc1cccnn1. The number of carboxylic acid groups (broad SMARTS) is 1. The molecule has 4 N–H and O–H groups in total. The first-order chi connectivity index (χ1) is 7.09. The highest BCUT2D eigenvalue weighted by molar-refractivity contribution is 5.95. The molecular weight excluding hydrogens is 200 g/mol. The van der Waals surface area contributed by atoms with Crippen molar-refractivity contribution >= 4 is 17.7 Å². The van der Waals surface area contributed by atoms with Gasteiger partial charge in [-0.15, -0.1) is 5.10 Å². The molecule has 1 atom stereocenters. The largest absolute Gasteiger partial charge is 0.481 e. The van der Waals surface area contributed by atoms with E-state index in [9.17, 15) is 9.59 Å². The molecule has 0 bridgehead atoms. The third kappa shape index (κ3) is 3.69. The van der Waals surface area contributed by atoms with E-state index < -0.39 is 24.3 Å². The number of nitrogens with one attached hydrogen (secondary N) is 1. The summed E-state index contributed by atoms with van der Waals surface area (Å²) < 4.78 is 0. The van der Waals surface area contributed by atoms with E-state index in [1.807, 2.05) is 0 Å². The summed E-state index contributed by atoms with van der Waals surface area (Å²) in [6, 6.07) is 2.02. The molecule has 0 saturated heterocycles. The summed E-state index contributed by atoms with van der Waals surface area (Å²) in [5.41, 5.74) is 5.32. The van der Waals surface area contributed by atoms with Crippen LogP contribution in [0.4, 0.5) is 5.82 Å². The van der Waals surface area contributed by atoms with Crippen molar-refractivity contribution in [2.45, 2.75) is 12.5 Å². The summed E-state index contributed by atoms with van der Waals surface area (Å²) in [5.74, 6) is -1.49. The van der Waals surface area contributed by atoms with E-state index in [1.54, 1.807) is 6.07 Å². The van der Waals surface area contributed by atoms with Crippen LogP contribution in [0.15, 0.2) is 18.3 Å². The van der Waals surface area contributed by atoms with Gasteiger partial charge in [-0.2, -0.15) is 5.10 Å². The summed E-state index contributed by atoms with van der Waals surface area (Å²) in [7, 11) is 0. The van der Waals surface area contributed by atoms with Crippen molar-refractivity contribution in [3.63, 3.8) is 0 Å². The third-order valence-corrected chi connectivity index (χ3v) is 1.55. The van der Waals surface area contributed by atoms with Crippen LogP contribution in [-0.4, -0.2) is 33.2 Å². The second-order valence-corrected chi connectivity index (χ2v) is 2.80. The molecule has 80 valence electrons. The average molecular weight is 210 g/mol. The van der Waals surface area contributed by atoms with E-state index in [0.29, 0.717) is 0 Å². The van der Waals surface area contributed by atoms with Gasteiger partial charge < -0.3 is 16.2 Å². The molecule has 7 nitrogen and oxygen atoms in total. The number of carbonyl (C=O) groups is 2. The van der Waals surface area contributed by atoms with Crippen molar-refractivity contribution < 1.29 is 14.7 Å². The average Bonchev–Trinajstić information content (AvgIpc) is 2.18. The molecule has 0 spiro atoms. The lowest BCUT2D eigenvalue weighted by Gasteiger charge is -2.08. The van der Waals surface area contributed by atoms with Crippen LogP contribution in [0.2, 0.25) is 0 Å². The number of nitrogens with two attached hydrogens (primary N) is 1. The number of aromatic nitrogens is 2. The zero-order chi connectivity index (χ0) is 11.3. The van der Waals surface area contributed by atoms with Gasteiger partial charge in [0.1, 0.15) is 0 Å². The molecule has 7 heteroatoms. The third-order valence-electron chi connectivity index (χ3n) is 1.55. The van der Waals surface area contributed by atoms with E-state index in [4.69, 9.17) is 10.8 Å². The molecule has 0 aliphatic rings. The molecule has 1 rings (SSSR count). The fourth-order valence-electron chi connectivity index (χ4n) is 0.868. The second kappa shape index (κ2) is 5.01. The quantitative estimate of drug-likeness (QED) is 0.599. The number of carboxylic acids is 1. The Morgan fingerprint density at radius 3 is 2.87 bits per heavy atom. The Bertz CT molecular complexity index is 354. The van der Waals surface area contributed by atoms with E-state index in [0.717, 1.165) is 0 Å². The highest BCUT2D eigenvalue weighted by Crippen LogP contribution is 1.99. The normalized spacial score (nSPS) is 11.8. The van der Waals surface area contributed by atoms with Gasteiger partial charge in [0.2, 0.25) is 5.91 Å². The summed E-state index contributed by atoms with van der Waals surface area (Å²) in [4.78, 5) is 21.6. The van der Waals surface area contributed by atoms with Gasteiger partial charge in [-0.05, 0) is 12.1 Å². The second-order valence-electron chi connectivity index (χ2n) is 2.80. The maximum Gasteiger partial charge on any atom is 0.305 e. The summed E-state index contributed by atoms with van der Waals surface area (Å²) in [6.45, 7) is 0. The van der Waals surface area contributed by atoms with Gasteiger partial charge in [0.15, 0.2) is 5.82 Å². The van der Waals surface area contributed by atoms with Crippen LogP contribution < -0.4 is 11.1 Å². The fraction of sp³-hybridized carbons (Fsp3) is 0.250. The van der Waals surface area contributed by atoms with Crippen LogP contribution in [0.1, 0.15) is 6.42 Å². The zero-order valence-corrected chi connectivity index (χ0v) is 7.75.